The fraction of sp³-hybridized carbons (Fsp3) is 0.300. The molecule has 1 aromatic rings. The van der Waals surface area contributed by atoms with Gasteiger partial charge in [-0.15, -0.1) is 11.6 Å². The molecule has 0 saturated carbocycles. The molecule has 0 heterocycles. The lowest BCUT2D eigenvalue weighted by Crippen LogP contribution is -2.35. The summed E-state index contributed by atoms with van der Waals surface area (Å²) in [6.07, 6.45) is 0. The van der Waals surface area contributed by atoms with Crippen LogP contribution in [-0.4, -0.2) is 22.6 Å². The van der Waals surface area contributed by atoms with E-state index in [1.165, 1.54) is 6.92 Å². The Labute approximate surface area is 87.3 Å². The van der Waals surface area contributed by atoms with Gasteiger partial charge in [0, 0.05) is 0 Å². The third-order valence-corrected chi connectivity index (χ3v) is 1.97. The number of halogens is 1. The number of hydrogen-bond donors (Lipinski definition) is 1. The van der Waals surface area contributed by atoms with Crippen molar-refractivity contribution in [1.82, 2.24) is 0 Å². The molecule has 1 unspecified atom stereocenters. The summed E-state index contributed by atoms with van der Waals surface area (Å²) in [5, 5.41) is 8.71. The number of ether oxygens (including phenoxy) is 1. The van der Waals surface area contributed by atoms with Crippen LogP contribution in [0.15, 0.2) is 30.3 Å². The van der Waals surface area contributed by atoms with Gasteiger partial charge in [0.15, 0.2) is 4.87 Å². The molecule has 1 atom stereocenters. The molecule has 1 aromatic carbocycles. The molecule has 0 aromatic heterocycles. The number of para-hydroxylation sites is 1. The van der Waals surface area contributed by atoms with Gasteiger partial charge in [-0.3, -0.25) is 4.79 Å². The highest BCUT2D eigenvalue weighted by atomic mass is 35.5. The van der Waals surface area contributed by atoms with Gasteiger partial charge in [-0.25, -0.2) is 0 Å². The first-order chi connectivity index (χ1) is 6.52. The summed E-state index contributed by atoms with van der Waals surface area (Å²) in [5.41, 5.74) is 0. The van der Waals surface area contributed by atoms with E-state index >= 15 is 0 Å². The standard InChI is InChI=1S/C10H11ClO3/c1-10(11,9(12)13)7-14-8-5-3-2-4-6-8/h2-6H,7H2,1H3,(H,12,13). The molecule has 0 aliphatic heterocycles. The fourth-order valence-electron chi connectivity index (χ4n) is 0.797. The van der Waals surface area contributed by atoms with Crippen LogP contribution in [0, 0.1) is 0 Å². The molecule has 14 heavy (non-hydrogen) atoms. The minimum atomic E-state index is -1.38. The summed E-state index contributed by atoms with van der Waals surface area (Å²) in [6.45, 7) is 1.34. The van der Waals surface area contributed by atoms with E-state index in [1.807, 2.05) is 18.2 Å². The second-order valence-corrected chi connectivity index (χ2v) is 3.94. The van der Waals surface area contributed by atoms with E-state index in [1.54, 1.807) is 12.1 Å². The van der Waals surface area contributed by atoms with Crippen molar-refractivity contribution in [2.75, 3.05) is 6.61 Å². The number of carboxylic acid groups (broad SMARTS) is 1. The number of hydrogen-bond acceptors (Lipinski definition) is 2. The van der Waals surface area contributed by atoms with E-state index in [9.17, 15) is 4.79 Å². The Morgan fingerprint density at radius 3 is 2.57 bits per heavy atom. The zero-order valence-corrected chi connectivity index (χ0v) is 8.49. The van der Waals surface area contributed by atoms with Crippen LogP contribution in [0.25, 0.3) is 0 Å². The summed E-state index contributed by atoms with van der Waals surface area (Å²) >= 11 is 5.70. The number of benzene rings is 1. The molecule has 4 heteroatoms. The highest BCUT2D eigenvalue weighted by molar-refractivity contribution is 6.33. The molecule has 1 rings (SSSR count). The van der Waals surface area contributed by atoms with Gasteiger partial charge in [0.25, 0.3) is 0 Å². The lowest BCUT2D eigenvalue weighted by atomic mass is 10.2. The number of carbonyl (C=O) groups is 1. The Kier molecular flexibility index (Phi) is 3.36. The van der Waals surface area contributed by atoms with Crippen LogP contribution in [-0.2, 0) is 4.79 Å². The molecule has 0 amide bonds. The Bertz CT molecular complexity index is 308. The maximum Gasteiger partial charge on any atom is 0.328 e. The van der Waals surface area contributed by atoms with Gasteiger partial charge in [0.05, 0.1) is 0 Å². The molecule has 0 bridgehead atoms. The second-order valence-electron chi connectivity index (χ2n) is 3.10. The molecule has 0 aliphatic rings. The number of rotatable bonds is 4. The highest BCUT2D eigenvalue weighted by Gasteiger charge is 2.31. The summed E-state index contributed by atoms with van der Waals surface area (Å²) in [5.74, 6) is -0.476. The minimum absolute atomic E-state index is 0.0616. The van der Waals surface area contributed by atoms with Crippen LogP contribution < -0.4 is 4.74 Å². The van der Waals surface area contributed by atoms with Crippen molar-refractivity contribution in [3.63, 3.8) is 0 Å². The van der Waals surface area contributed by atoms with Crippen LogP contribution in [0.3, 0.4) is 0 Å². The SMILES string of the molecule is CC(Cl)(COc1ccccc1)C(=O)O. The first kappa shape index (κ1) is 10.9. The average molecular weight is 215 g/mol. The normalized spacial score (nSPS) is 14.4. The average Bonchev–Trinajstić information content (AvgIpc) is 2.16. The molecular formula is C10H11ClO3. The lowest BCUT2D eigenvalue weighted by Gasteiger charge is -2.16. The molecule has 0 spiro atoms. The van der Waals surface area contributed by atoms with Crippen LogP contribution in [0.4, 0.5) is 0 Å². The molecule has 0 radical (unpaired) electrons. The molecule has 0 aliphatic carbocycles. The molecule has 0 saturated heterocycles. The Balaban J connectivity index is 2.53. The van der Waals surface area contributed by atoms with E-state index in [0.29, 0.717) is 5.75 Å². The molecule has 76 valence electrons. The number of carboxylic acids is 1. The van der Waals surface area contributed by atoms with Crippen molar-refractivity contribution >= 4 is 17.6 Å². The smallest absolute Gasteiger partial charge is 0.328 e. The third kappa shape index (κ3) is 2.92. The van der Waals surface area contributed by atoms with Crippen molar-refractivity contribution in [1.29, 1.82) is 0 Å². The van der Waals surface area contributed by atoms with Gasteiger partial charge in [-0.05, 0) is 19.1 Å². The second kappa shape index (κ2) is 4.33. The van der Waals surface area contributed by atoms with Crippen LogP contribution in [0.2, 0.25) is 0 Å². The van der Waals surface area contributed by atoms with Gasteiger partial charge >= 0.3 is 5.97 Å². The van der Waals surface area contributed by atoms with Crippen LogP contribution in [0.1, 0.15) is 6.92 Å². The largest absolute Gasteiger partial charge is 0.491 e. The summed E-state index contributed by atoms with van der Waals surface area (Å²) in [6, 6.07) is 8.96. The van der Waals surface area contributed by atoms with Gasteiger partial charge in [0.2, 0.25) is 0 Å². The Morgan fingerprint density at radius 1 is 1.50 bits per heavy atom. The van der Waals surface area contributed by atoms with E-state index in [-0.39, 0.29) is 6.61 Å². The van der Waals surface area contributed by atoms with Crippen molar-refractivity contribution in [2.45, 2.75) is 11.8 Å². The minimum Gasteiger partial charge on any atom is -0.491 e. The number of aliphatic carboxylic acids is 1. The van der Waals surface area contributed by atoms with E-state index in [2.05, 4.69) is 0 Å². The van der Waals surface area contributed by atoms with E-state index < -0.39 is 10.8 Å². The lowest BCUT2D eigenvalue weighted by molar-refractivity contribution is -0.140. The highest BCUT2D eigenvalue weighted by Crippen LogP contribution is 2.17. The summed E-state index contributed by atoms with van der Waals surface area (Å²) in [7, 11) is 0. The Hall–Kier alpha value is -1.22. The van der Waals surface area contributed by atoms with Crippen molar-refractivity contribution < 1.29 is 14.6 Å². The van der Waals surface area contributed by atoms with E-state index in [4.69, 9.17) is 21.4 Å². The first-order valence-corrected chi connectivity index (χ1v) is 4.50. The molecule has 3 nitrogen and oxygen atoms in total. The Morgan fingerprint density at radius 2 is 2.07 bits per heavy atom. The fourth-order valence-corrected chi connectivity index (χ4v) is 0.852. The topological polar surface area (TPSA) is 46.5 Å². The molecule has 1 N–H and O–H groups in total. The predicted molar refractivity (Wildman–Crippen MR) is 53.8 cm³/mol. The molecular weight excluding hydrogens is 204 g/mol. The van der Waals surface area contributed by atoms with Gasteiger partial charge in [0.1, 0.15) is 12.4 Å². The van der Waals surface area contributed by atoms with Gasteiger partial charge in [-0.1, -0.05) is 18.2 Å². The zero-order valence-electron chi connectivity index (χ0n) is 7.74. The monoisotopic (exact) mass is 214 g/mol. The van der Waals surface area contributed by atoms with Gasteiger partial charge in [-0.2, -0.15) is 0 Å². The van der Waals surface area contributed by atoms with Crippen LogP contribution >= 0.6 is 11.6 Å². The summed E-state index contributed by atoms with van der Waals surface area (Å²) < 4.78 is 5.22. The number of alkyl halides is 1. The third-order valence-electron chi connectivity index (χ3n) is 1.70. The van der Waals surface area contributed by atoms with Crippen LogP contribution in [0.5, 0.6) is 5.75 Å². The summed E-state index contributed by atoms with van der Waals surface area (Å²) in [4.78, 5) is 9.25. The van der Waals surface area contributed by atoms with E-state index in [0.717, 1.165) is 0 Å². The quantitative estimate of drug-likeness (QED) is 0.782. The predicted octanol–water partition coefficient (Wildman–Crippen LogP) is 2.15. The maximum atomic E-state index is 10.6. The van der Waals surface area contributed by atoms with Crippen molar-refractivity contribution in [3.05, 3.63) is 30.3 Å². The van der Waals surface area contributed by atoms with Crippen molar-refractivity contribution in [2.24, 2.45) is 0 Å². The van der Waals surface area contributed by atoms with Crippen molar-refractivity contribution in [3.8, 4) is 5.75 Å². The molecule has 0 fully saturated rings. The first-order valence-electron chi connectivity index (χ1n) is 4.12. The zero-order chi connectivity index (χ0) is 10.6. The van der Waals surface area contributed by atoms with Gasteiger partial charge < -0.3 is 9.84 Å². The maximum absolute atomic E-state index is 10.6.